The fourth-order valence-corrected chi connectivity index (χ4v) is 2.63. The largest absolute Gasteiger partial charge is 0.462 e. The number of rotatable bonds is 6. The highest BCUT2D eigenvalue weighted by atomic mass is 19.1. The molecule has 0 spiro atoms. The maximum absolute atomic E-state index is 12.9. The van der Waals surface area contributed by atoms with Crippen molar-refractivity contribution in [2.24, 2.45) is 0 Å². The summed E-state index contributed by atoms with van der Waals surface area (Å²) in [4.78, 5) is 38.6. The first-order valence-corrected chi connectivity index (χ1v) is 8.12. The lowest BCUT2D eigenvalue weighted by Gasteiger charge is -2.07. The van der Waals surface area contributed by atoms with E-state index in [9.17, 15) is 18.8 Å². The minimum absolute atomic E-state index is 0.0485. The van der Waals surface area contributed by atoms with E-state index in [1.54, 1.807) is 24.3 Å². The van der Waals surface area contributed by atoms with Crippen molar-refractivity contribution in [2.45, 2.75) is 12.8 Å². The molecule has 5 nitrogen and oxygen atoms in total. The van der Waals surface area contributed by atoms with Crippen molar-refractivity contribution in [1.29, 1.82) is 0 Å². The maximum Gasteiger partial charge on any atom is 0.339 e. The average molecular weight is 353 g/mol. The molecular weight excluding hydrogens is 337 g/mol. The first kappa shape index (κ1) is 17.5. The number of fused-ring (bicyclic) bond motifs is 1. The van der Waals surface area contributed by atoms with Gasteiger partial charge in [-0.1, -0.05) is 18.2 Å². The normalized spacial score (nSPS) is 10.7. The van der Waals surface area contributed by atoms with Gasteiger partial charge in [-0.2, -0.15) is 0 Å². The van der Waals surface area contributed by atoms with E-state index < -0.39 is 11.8 Å². The second kappa shape index (κ2) is 7.74. The minimum Gasteiger partial charge on any atom is -0.462 e. The van der Waals surface area contributed by atoms with Crippen LogP contribution in [0, 0.1) is 5.82 Å². The summed E-state index contributed by atoms with van der Waals surface area (Å²) in [5.74, 6) is -1.16. The molecule has 0 aliphatic heterocycles. The van der Waals surface area contributed by atoms with E-state index in [1.165, 1.54) is 30.3 Å². The van der Waals surface area contributed by atoms with Crippen molar-refractivity contribution in [1.82, 2.24) is 4.98 Å². The molecule has 0 bridgehead atoms. The zero-order chi connectivity index (χ0) is 18.5. The van der Waals surface area contributed by atoms with Crippen LogP contribution in [-0.2, 0) is 4.74 Å². The van der Waals surface area contributed by atoms with Crippen molar-refractivity contribution in [3.05, 3.63) is 81.9 Å². The summed E-state index contributed by atoms with van der Waals surface area (Å²) < 4.78 is 18.0. The van der Waals surface area contributed by atoms with Gasteiger partial charge in [-0.25, -0.2) is 9.18 Å². The van der Waals surface area contributed by atoms with Gasteiger partial charge in [0.15, 0.2) is 5.78 Å². The number of hydrogen-bond acceptors (Lipinski definition) is 4. The number of para-hydroxylation sites is 1. The highest BCUT2D eigenvalue weighted by Gasteiger charge is 2.13. The molecule has 0 unspecified atom stereocenters. The fourth-order valence-electron chi connectivity index (χ4n) is 2.63. The standard InChI is InChI=1S/C20H16FNO4/c21-14-9-7-13(8-10-14)18(23)6-3-11-26-20(25)16-12-19(24)22-17-5-2-1-4-15(16)17/h1-2,4-5,7-10,12H,3,6,11H2,(H,22,24). The molecule has 1 N–H and O–H groups in total. The number of pyridine rings is 1. The third-order valence-electron chi connectivity index (χ3n) is 3.92. The minimum atomic E-state index is -0.610. The third-order valence-corrected chi connectivity index (χ3v) is 3.92. The van der Waals surface area contributed by atoms with Crippen molar-refractivity contribution in [3.63, 3.8) is 0 Å². The quantitative estimate of drug-likeness (QED) is 0.418. The first-order chi connectivity index (χ1) is 12.5. The smallest absolute Gasteiger partial charge is 0.339 e. The van der Waals surface area contributed by atoms with Gasteiger partial charge in [-0.05, 0) is 36.8 Å². The van der Waals surface area contributed by atoms with E-state index in [2.05, 4.69) is 4.98 Å². The summed E-state index contributed by atoms with van der Waals surface area (Å²) in [6, 6.07) is 13.4. The van der Waals surface area contributed by atoms with Gasteiger partial charge in [0, 0.05) is 29.0 Å². The molecule has 2 aromatic carbocycles. The number of hydrogen-bond donors (Lipinski definition) is 1. The lowest BCUT2D eigenvalue weighted by atomic mass is 10.1. The molecule has 0 aliphatic carbocycles. The lowest BCUT2D eigenvalue weighted by molar-refractivity contribution is 0.0496. The van der Waals surface area contributed by atoms with E-state index in [0.717, 1.165) is 0 Å². The van der Waals surface area contributed by atoms with Gasteiger partial charge < -0.3 is 9.72 Å². The Balaban J connectivity index is 1.59. The monoisotopic (exact) mass is 353 g/mol. The van der Waals surface area contributed by atoms with Crippen molar-refractivity contribution in [3.8, 4) is 0 Å². The highest BCUT2D eigenvalue weighted by Crippen LogP contribution is 2.16. The third kappa shape index (κ3) is 4.03. The number of carbonyl (C=O) groups excluding carboxylic acids is 2. The second-order valence-corrected chi connectivity index (χ2v) is 5.76. The Kier molecular flexibility index (Phi) is 5.22. The van der Waals surface area contributed by atoms with Crippen LogP contribution in [0.4, 0.5) is 4.39 Å². The van der Waals surface area contributed by atoms with Gasteiger partial charge in [-0.3, -0.25) is 9.59 Å². The number of nitrogens with one attached hydrogen (secondary N) is 1. The predicted molar refractivity (Wildman–Crippen MR) is 94.8 cm³/mol. The molecule has 3 rings (SSSR count). The fraction of sp³-hybridized carbons (Fsp3) is 0.150. The Bertz CT molecular complexity index is 1010. The molecule has 0 atom stereocenters. The topological polar surface area (TPSA) is 76.2 Å². The first-order valence-electron chi connectivity index (χ1n) is 8.12. The number of H-pyrrole nitrogens is 1. The van der Waals surface area contributed by atoms with Crippen LogP contribution in [0.25, 0.3) is 10.9 Å². The molecule has 0 amide bonds. The average Bonchev–Trinajstić information content (AvgIpc) is 2.64. The Morgan fingerprint density at radius 1 is 1.04 bits per heavy atom. The Hall–Kier alpha value is -3.28. The number of aromatic nitrogens is 1. The van der Waals surface area contributed by atoms with Crippen LogP contribution in [0.2, 0.25) is 0 Å². The number of carbonyl (C=O) groups is 2. The number of halogens is 1. The van der Waals surface area contributed by atoms with Gasteiger partial charge >= 0.3 is 5.97 Å². The van der Waals surface area contributed by atoms with Crippen molar-refractivity contribution >= 4 is 22.7 Å². The molecule has 0 fully saturated rings. The van der Waals surface area contributed by atoms with Gasteiger partial charge in [0.05, 0.1) is 12.2 Å². The number of ketones is 1. The molecule has 1 heterocycles. The van der Waals surface area contributed by atoms with E-state index in [0.29, 0.717) is 22.9 Å². The second-order valence-electron chi connectivity index (χ2n) is 5.76. The molecule has 3 aromatic rings. The van der Waals surface area contributed by atoms with Crippen molar-refractivity contribution < 1.29 is 18.7 Å². The summed E-state index contributed by atoms with van der Waals surface area (Å²) in [7, 11) is 0. The van der Waals surface area contributed by atoms with Crippen molar-refractivity contribution in [2.75, 3.05) is 6.61 Å². The summed E-state index contributed by atoms with van der Waals surface area (Å²) in [6.07, 6.45) is 0.512. The molecule has 0 saturated carbocycles. The van der Waals surface area contributed by atoms with Crippen LogP contribution in [0.3, 0.4) is 0 Å². The van der Waals surface area contributed by atoms with Gasteiger partial charge in [0.1, 0.15) is 5.82 Å². The van der Waals surface area contributed by atoms with E-state index in [4.69, 9.17) is 4.74 Å². The molecule has 0 aliphatic rings. The van der Waals surface area contributed by atoms with Crippen LogP contribution in [0.1, 0.15) is 33.6 Å². The lowest BCUT2D eigenvalue weighted by Crippen LogP contribution is -2.13. The number of aromatic amines is 1. The molecule has 1 aromatic heterocycles. The molecule has 0 saturated heterocycles. The van der Waals surface area contributed by atoms with Gasteiger partial charge in [-0.15, -0.1) is 0 Å². The van der Waals surface area contributed by atoms with Crippen LogP contribution in [0.5, 0.6) is 0 Å². The SMILES string of the molecule is O=C(CCCOC(=O)c1cc(=O)[nH]c2ccccc12)c1ccc(F)cc1. The molecular formula is C20H16FNO4. The predicted octanol–water partition coefficient (Wildman–Crippen LogP) is 3.49. The number of Topliss-reactive ketones (excluding diaryl/α,β-unsaturated/α-hetero) is 1. The molecule has 0 radical (unpaired) electrons. The summed E-state index contributed by atoms with van der Waals surface area (Å²) in [5, 5.41) is 0.597. The zero-order valence-electron chi connectivity index (χ0n) is 13.8. The van der Waals surface area contributed by atoms with E-state index in [-0.39, 0.29) is 29.9 Å². The number of benzene rings is 2. The van der Waals surface area contributed by atoms with E-state index >= 15 is 0 Å². The van der Waals surface area contributed by atoms with Crippen LogP contribution < -0.4 is 5.56 Å². The summed E-state index contributed by atoms with van der Waals surface area (Å²) in [6.45, 7) is 0.0485. The Morgan fingerprint density at radius 2 is 1.77 bits per heavy atom. The zero-order valence-corrected chi connectivity index (χ0v) is 13.8. The summed E-state index contributed by atoms with van der Waals surface area (Å²) >= 11 is 0. The summed E-state index contributed by atoms with van der Waals surface area (Å²) in [5.41, 5.74) is 0.771. The number of ether oxygens (including phenoxy) is 1. The van der Waals surface area contributed by atoms with Gasteiger partial charge in [0.2, 0.25) is 5.56 Å². The highest BCUT2D eigenvalue weighted by molar-refractivity contribution is 6.03. The van der Waals surface area contributed by atoms with Crippen LogP contribution in [0.15, 0.2) is 59.4 Å². The van der Waals surface area contributed by atoms with E-state index in [1.807, 2.05) is 0 Å². The van der Waals surface area contributed by atoms with Gasteiger partial charge in [0.25, 0.3) is 0 Å². The molecule has 6 heteroatoms. The van der Waals surface area contributed by atoms with Crippen LogP contribution in [-0.4, -0.2) is 23.3 Å². The Labute approximate surface area is 148 Å². The maximum atomic E-state index is 12.9. The molecule has 26 heavy (non-hydrogen) atoms. The Morgan fingerprint density at radius 3 is 2.54 bits per heavy atom. The molecule has 132 valence electrons. The van der Waals surface area contributed by atoms with Crippen LogP contribution >= 0.6 is 0 Å². The number of esters is 1.